The van der Waals surface area contributed by atoms with E-state index in [1.807, 2.05) is 48.5 Å². The lowest BCUT2D eigenvalue weighted by Gasteiger charge is -2.05. The summed E-state index contributed by atoms with van der Waals surface area (Å²) >= 11 is 3.57. The van der Waals surface area contributed by atoms with Gasteiger partial charge in [0.05, 0.1) is 0 Å². The van der Waals surface area contributed by atoms with E-state index >= 15 is 0 Å². The number of halogens is 1. The van der Waals surface area contributed by atoms with E-state index in [2.05, 4.69) is 40.2 Å². The molecule has 144 valence electrons. The lowest BCUT2D eigenvalue weighted by molar-refractivity contribution is 0.317. The molecule has 0 saturated heterocycles. The number of aromatic nitrogens is 1. The molecule has 6 heteroatoms. The molecule has 0 aliphatic carbocycles. The number of aliphatic imine (C=N–C) groups is 2. The second kappa shape index (κ2) is 7.79. The van der Waals surface area contributed by atoms with Gasteiger partial charge in [0.2, 0.25) is 11.8 Å². The largest absolute Gasteiger partial charge is 0.474 e. The van der Waals surface area contributed by atoms with Crippen LogP contribution in [0.25, 0.3) is 0 Å². The molecule has 0 unspecified atom stereocenters. The maximum atomic E-state index is 5.86. The first-order chi connectivity index (χ1) is 14.3. The molecule has 3 aromatic rings. The summed E-state index contributed by atoms with van der Waals surface area (Å²) < 4.78 is 12.6. The first-order valence-electron chi connectivity index (χ1n) is 9.46. The SMILES string of the molecule is Brc1cc(C2=N[C@H](c3ccccc3)CO2)nc(C2=N[C@H](c3ccccc3)CO2)c1. The standard InChI is InChI=1S/C23H18BrN3O2/c24-17-11-18(22-26-20(13-28-22)15-7-3-1-4-8-15)25-19(12-17)23-27-21(14-29-23)16-9-5-2-6-10-16/h1-12,20-21H,13-14H2/t20-,21-/m0/s1. The number of nitrogens with zero attached hydrogens (tertiary/aromatic N) is 3. The minimum atomic E-state index is -0.0158. The van der Waals surface area contributed by atoms with Gasteiger partial charge in [-0.2, -0.15) is 0 Å². The molecular formula is C23H18BrN3O2. The molecule has 2 aromatic carbocycles. The third-order valence-electron chi connectivity index (χ3n) is 4.90. The summed E-state index contributed by atoms with van der Waals surface area (Å²) in [6, 6.07) is 24.1. The van der Waals surface area contributed by atoms with Gasteiger partial charge in [0.15, 0.2) is 0 Å². The van der Waals surface area contributed by atoms with Crippen LogP contribution in [0.3, 0.4) is 0 Å². The summed E-state index contributed by atoms with van der Waals surface area (Å²) in [4.78, 5) is 14.2. The molecule has 0 N–H and O–H groups in total. The van der Waals surface area contributed by atoms with Crippen molar-refractivity contribution in [1.82, 2.24) is 4.98 Å². The molecule has 0 radical (unpaired) electrons. The van der Waals surface area contributed by atoms with E-state index in [9.17, 15) is 0 Å². The second-order valence-electron chi connectivity index (χ2n) is 6.90. The molecule has 0 amide bonds. The quantitative estimate of drug-likeness (QED) is 0.572. The Kier molecular flexibility index (Phi) is 4.86. The van der Waals surface area contributed by atoms with Crippen LogP contribution in [0.5, 0.6) is 0 Å². The van der Waals surface area contributed by atoms with Crippen LogP contribution in [0, 0.1) is 0 Å². The number of pyridine rings is 1. The van der Waals surface area contributed by atoms with Crippen molar-refractivity contribution in [1.29, 1.82) is 0 Å². The highest BCUT2D eigenvalue weighted by atomic mass is 79.9. The number of hydrogen-bond acceptors (Lipinski definition) is 5. The smallest absolute Gasteiger partial charge is 0.236 e. The van der Waals surface area contributed by atoms with Gasteiger partial charge < -0.3 is 9.47 Å². The maximum Gasteiger partial charge on any atom is 0.236 e. The molecule has 5 nitrogen and oxygen atoms in total. The van der Waals surface area contributed by atoms with E-state index in [-0.39, 0.29) is 12.1 Å². The van der Waals surface area contributed by atoms with Crippen molar-refractivity contribution in [3.63, 3.8) is 0 Å². The predicted octanol–water partition coefficient (Wildman–Crippen LogP) is 4.88. The molecule has 0 bridgehead atoms. The Bertz CT molecular complexity index is 1000. The maximum absolute atomic E-state index is 5.86. The van der Waals surface area contributed by atoms with E-state index in [0.29, 0.717) is 36.4 Å². The van der Waals surface area contributed by atoms with Crippen LogP contribution in [-0.2, 0) is 9.47 Å². The van der Waals surface area contributed by atoms with Gasteiger partial charge in [-0.15, -0.1) is 0 Å². The van der Waals surface area contributed by atoms with Gasteiger partial charge in [-0.1, -0.05) is 76.6 Å². The molecule has 0 fully saturated rings. The summed E-state index contributed by atoms with van der Waals surface area (Å²) in [6.45, 7) is 1.02. The Hall–Kier alpha value is -2.99. The Morgan fingerprint density at radius 2 is 1.14 bits per heavy atom. The van der Waals surface area contributed by atoms with Crippen molar-refractivity contribution in [2.75, 3.05) is 13.2 Å². The van der Waals surface area contributed by atoms with Crippen molar-refractivity contribution in [3.05, 3.63) is 99.8 Å². The van der Waals surface area contributed by atoms with Crippen LogP contribution < -0.4 is 0 Å². The van der Waals surface area contributed by atoms with Gasteiger partial charge >= 0.3 is 0 Å². The highest BCUT2D eigenvalue weighted by molar-refractivity contribution is 9.10. The first kappa shape index (κ1) is 18.1. The fraction of sp³-hybridized carbons (Fsp3) is 0.174. The monoisotopic (exact) mass is 447 g/mol. The van der Waals surface area contributed by atoms with E-state index in [0.717, 1.165) is 15.6 Å². The Morgan fingerprint density at radius 3 is 1.59 bits per heavy atom. The van der Waals surface area contributed by atoms with E-state index < -0.39 is 0 Å². The minimum Gasteiger partial charge on any atom is -0.474 e. The average molecular weight is 448 g/mol. The fourth-order valence-corrected chi connectivity index (χ4v) is 3.87. The van der Waals surface area contributed by atoms with Gasteiger partial charge in [0.25, 0.3) is 0 Å². The summed E-state index contributed by atoms with van der Waals surface area (Å²) in [5, 5.41) is 0. The van der Waals surface area contributed by atoms with Crippen LogP contribution in [-0.4, -0.2) is 30.0 Å². The van der Waals surface area contributed by atoms with Crippen LogP contribution in [0.2, 0.25) is 0 Å². The lowest BCUT2D eigenvalue weighted by atomic mass is 10.1. The molecule has 2 aliphatic rings. The molecular weight excluding hydrogens is 430 g/mol. The molecule has 0 spiro atoms. The van der Waals surface area contributed by atoms with Gasteiger partial charge in [-0.05, 0) is 23.3 Å². The topological polar surface area (TPSA) is 56.1 Å². The fourth-order valence-electron chi connectivity index (χ4n) is 3.44. The van der Waals surface area contributed by atoms with E-state index in [1.165, 1.54) is 0 Å². The third kappa shape index (κ3) is 3.80. The summed E-state index contributed by atoms with van der Waals surface area (Å²) in [5.41, 5.74) is 3.60. The van der Waals surface area contributed by atoms with Crippen LogP contribution in [0.4, 0.5) is 0 Å². The first-order valence-corrected chi connectivity index (χ1v) is 10.2. The van der Waals surface area contributed by atoms with Gasteiger partial charge in [-0.25, -0.2) is 15.0 Å². The van der Waals surface area contributed by atoms with E-state index in [1.54, 1.807) is 0 Å². The minimum absolute atomic E-state index is 0.0158. The van der Waals surface area contributed by atoms with Gasteiger partial charge in [-0.3, -0.25) is 0 Å². The predicted molar refractivity (Wildman–Crippen MR) is 115 cm³/mol. The summed E-state index contributed by atoms with van der Waals surface area (Å²) in [7, 11) is 0. The summed E-state index contributed by atoms with van der Waals surface area (Å²) in [5.74, 6) is 1.08. The highest BCUT2D eigenvalue weighted by Crippen LogP contribution is 2.28. The third-order valence-corrected chi connectivity index (χ3v) is 5.36. The van der Waals surface area contributed by atoms with Gasteiger partial charge in [0, 0.05) is 4.47 Å². The zero-order valence-electron chi connectivity index (χ0n) is 15.5. The van der Waals surface area contributed by atoms with Crippen molar-refractivity contribution in [2.45, 2.75) is 12.1 Å². The zero-order valence-corrected chi connectivity index (χ0v) is 17.1. The number of rotatable bonds is 4. The van der Waals surface area contributed by atoms with Gasteiger partial charge in [0.1, 0.15) is 36.7 Å². The zero-order chi connectivity index (χ0) is 19.6. The molecule has 2 aliphatic heterocycles. The second-order valence-corrected chi connectivity index (χ2v) is 7.81. The van der Waals surface area contributed by atoms with Crippen molar-refractivity contribution in [2.24, 2.45) is 9.98 Å². The molecule has 5 rings (SSSR count). The van der Waals surface area contributed by atoms with Crippen LogP contribution in [0.15, 0.2) is 87.3 Å². The van der Waals surface area contributed by atoms with Crippen molar-refractivity contribution >= 4 is 27.7 Å². The molecule has 2 atom stereocenters. The lowest BCUT2D eigenvalue weighted by Crippen LogP contribution is -2.10. The molecule has 1 aromatic heterocycles. The van der Waals surface area contributed by atoms with E-state index in [4.69, 9.17) is 24.4 Å². The highest BCUT2D eigenvalue weighted by Gasteiger charge is 2.26. The Balaban J connectivity index is 1.43. The van der Waals surface area contributed by atoms with Crippen LogP contribution >= 0.6 is 15.9 Å². The van der Waals surface area contributed by atoms with Crippen LogP contribution in [0.1, 0.15) is 34.6 Å². The number of ether oxygens (including phenoxy) is 2. The number of hydrogen-bond donors (Lipinski definition) is 0. The van der Waals surface area contributed by atoms with Crippen molar-refractivity contribution < 1.29 is 9.47 Å². The normalized spacial score (nSPS) is 20.6. The average Bonchev–Trinajstić information content (AvgIpc) is 3.45. The number of benzene rings is 2. The Morgan fingerprint density at radius 1 is 0.690 bits per heavy atom. The molecule has 29 heavy (non-hydrogen) atoms. The summed E-state index contributed by atoms with van der Waals surface area (Å²) in [6.07, 6.45) is 0. The molecule has 3 heterocycles. The Labute approximate surface area is 177 Å². The molecule has 0 saturated carbocycles. The van der Waals surface area contributed by atoms with Crippen molar-refractivity contribution in [3.8, 4) is 0 Å².